The number of aryl methyl sites for hydroxylation is 1. The lowest BCUT2D eigenvalue weighted by Gasteiger charge is -2.20. The van der Waals surface area contributed by atoms with Gasteiger partial charge in [0.05, 0.1) is 10.2 Å². The highest BCUT2D eigenvalue weighted by Gasteiger charge is 2.13. The van der Waals surface area contributed by atoms with Crippen molar-refractivity contribution in [3.05, 3.63) is 26.3 Å². The highest BCUT2D eigenvalue weighted by Crippen LogP contribution is 2.21. The van der Waals surface area contributed by atoms with Gasteiger partial charge in [-0.1, -0.05) is 20.8 Å². The van der Waals surface area contributed by atoms with Crippen molar-refractivity contribution >= 4 is 15.9 Å². The Kier molecular flexibility index (Phi) is 3.94. The Bertz CT molecular complexity index is 444. The first-order valence-corrected chi connectivity index (χ1v) is 6.25. The maximum Gasteiger partial charge on any atom is 0.348 e. The van der Waals surface area contributed by atoms with Crippen molar-refractivity contribution in [1.29, 1.82) is 0 Å². The van der Waals surface area contributed by atoms with E-state index < -0.39 is 0 Å². The van der Waals surface area contributed by atoms with Crippen LogP contribution in [-0.4, -0.2) is 9.55 Å². The van der Waals surface area contributed by atoms with E-state index >= 15 is 0 Å². The van der Waals surface area contributed by atoms with E-state index in [1.165, 1.54) is 0 Å². The summed E-state index contributed by atoms with van der Waals surface area (Å²) in [6.07, 6.45) is 0.963. The molecule has 4 heteroatoms. The maximum atomic E-state index is 11.8. The first-order valence-electron chi connectivity index (χ1n) is 5.46. The van der Waals surface area contributed by atoms with Gasteiger partial charge in [-0.25, -0.2) is 4.79 Å². The lowest BCUT2D eigenvalue weighted by Crippen LogP contribution is -2.28. The highest BCUT2D eigenvalue weighted by atomic mass is 79.9. The minimum atomic E-state index is -0.151. The predicted octanol–water partition coefficient (Wildman–Crippen LogP) is 3.06. The highest BCUT2D eigenvalue weighted by molar-refractivity contribution is 9.10. The summed E-state index contributed by atoms with van der Waals surface area (Å²) in [5.74, 6) is 0. The van der Waals surface area contributed by atoms with Gasteiger partial charge in [-0.05, 0) is 41.6 Å². The summed E-state index contributed by atoms with van der Waals surface area (Å²) in [5.41, 5.74) is 1.79. The lowest BCUT2D eigenvalue weighted by molar-refractivity contribution is 0.344. The molecule has 1 heterocycles. The van der Waals surface area contributed by atoms with Crippen LogP contribution < -0.4 is 5.69 Å². The van der Waals surface area contributed by atoms with E-state index in [1.54, 1.807) is 4.57 Å². The zero-order valence-corrected chi connectivity index (χ0v) is 12.2. The van der Waals surface area contributed by atoms with Gasteiger partial charge in [-0.15, -0.1) is 0 Å². The molecule has 0 saturated heterocycles. The molecule has 1 aromatic heterocycles. The van der Waals surface area contributed by atoms with Crippen molar-refractivity contribution in [1.82, 2.24) is 9.55 Å². The van der Waals surface area contributed by atoms with Crippen LogP contribution in [0.5, 0.6) is 0 Å². The molecule has 0 aliphatic rings. The van der Waals surface area contributed by atoms with Crippen LogP contribution in [-0.2, 0) is 6.54 Å². The number of aromatic nitrogens is 2. The third-order valence-corrected chi connectivity index (χ3v) is 3.77. The van der Waals surface area contributed by atoms with Gasteiger partial charge in [0.25, 0.3) is 0 Å². The van der Waals surface area contributed by atoms with Gasteiger partial charge >= 0.3 is 5.69 Å². The zero-order chi connectivity index (χ0) is 12.5. The predicted molar refractivity (Wildman–Crippen MR) is 69.7 cm³/mol. The van der Waals surface area contributed by atoms with Crippen LogP contribution in [0.4, 0.5) is 0 Å². The van der Waals surface area contributed by atoms with E-state index in [-0.39, 0.29) is 11.1 Å². The number of nitrogens with zero attached hydrogens (tertiary/aromatic N) is 2. The third-order valence-electron chi connectivity index (χ3n) is 2.62. The second kappa shape index (κ2) is 4.70. The van der Waals surface area contributed by atoms with Crippen molar-refractivity contribution < 1.29 is 0 Å². The Labute approximate surface area is 105 Å². The number of rotatable bonds is 2. The molecule has 16 heavy (non-hydrogen) atoms. The van der Waals surface area contributed by atoms with E-state index in [0.717, 1.165) is 28.8 Å². The average Bonchev–Trinajstić information content (AvgIpc) is 2.12. The van der Waals surface area contributed by atoms with Crippen LogP contribution in [0.15, 0.2) is 9.27 Å². The Morgan fingerprint density at radius 2 is 1.88 bits per heavy atom. The second-order valence-corrected chi connectivity index (χ2v) is 6.13. The van der Waals surface area contributed by atoms with E-state index in [0.29, 0.717) is 0 Å². The quantitative estimate of drug-likeness (QED) is 0.838. The molecular weight excluding hydrogens is 268 g/mol. The molecule has 0 aromatic carbocycles. The van der Waals surface area contributed by atoms with Crippen LogP contribution in [0.1, 0.15) is 38.6 Å². The van der Waals surface area contributed by atoms with Crippen molar-refractivity contribution in [2.75, 3.05) is 0 Å². The molecule has 0 N–H and O–H groups in total. The monoisotopic (exact) mass is 286 g/mol. The Balaban J connectivity index is 3.06. The Hall–Kier alpha value is -0.640. The van der Waals surface area contributed by atoms with Crippen LogP contribution in [0.3, 0.4) is 0 Å². The van der Waals surface area contributed by atoms with Crippen LogP contribution in [0.25, 0.3) is 0 Å². The van der Waals surface area contributed by atoms with E-state index in [9.17, 15) is 4.79 Å². The first kappa shape index (κ1) is 13.4. The number of halogens is 1. The van der Waals surface area contributed by atoms with E-state index in [1.807, 2.05) is 13.8 Å². The molecule has 0 bridgehead atoms. The standard InChI is InChI=1S/C12H19BrN2O/c1-8-10(13)9(2)15(11(16)14-8)7-6-12(3,4)5/h6-7H2,1-5H3. The summed E-state index contributed by atoms with van der Waals surface area (Å²) in [5, 5.41) is 0. The van der Waals surface area contributed by atoms with Gasteiger partial charge in [0.15, 0.2) is 0 Å². The molecule has 1 rings (SSSR count). The molecule has 0 unspecified atom stereocenters. The summed E-state index contributed by atoms with van der Waals surface area (Å²) in [6.45, 7) is 11.0. The molecular formula is C12H19BrN2O. The molecule has 0 fully saturated rings. The number of hydrogen-bond donors (Lipinski definition) is 0. The molecule has 0 aliphatic heterocycles. The molecule has 0 amide bonds. The van der Waals surface area contributed by atoms with E-state index in [4.69, 9.17) is 0 Å². The van der Waals surface area contributed by atoms with Crippen LogP contribution in [0, 0.1) is 19.3 Å². The van der Waals surface area contributed by atoms with Crippen LogP contribution >= 0.6 is 15.9 Å². The first-order chi connectivity index (χ1) is 7.22. The SMILES string of the molecule is Cc1nc(=O)n(CCC(C)(C)C)c(C)c1Br. The van der Waals surface area contributed by atoms with Crippen molar-refractivity contribution in [3.8, 4) is 0 Å². The van der Waals surface area contributed by atoms with Gasteiger partial charge in [-0.2, -0.15) is 4.98 Å². The van der Waals surface area contributed by atoms with Crippen LogP contribution in [0.2, 0.25) is 0 Å². The topological polar surface area (TPSA) is 34.9 Å². The fraction of sp³-hybridized carbons (Fsp3) is 0.667. The summed E-state index contributed by atoms with van der Waals surface area (Å²) >= 11 is 3.46. The summed E-state index contributed by atoms with van der Waals surface area (Å²) in [6, 6.07) is 0. The normalized spacial score (nSPS) is 11.9. The van der Waals surface area contributed by atoms with Crippen molar-refractivity contribution in [3.63, 3.8) is 0 Å². The fourth-order valence-corrected chi connectivity index (χ4v) is 1.79. The number of hydrogen-bond acceptors (Lipinski definition) is 2. The van der Waals surface area contributed by atoms with Gasteiger partial charge in [0.2, 0.25) is 0 Å². The molecule has 0 aliphatic carbocycles. The maximum absolute atomic E-state index is 11.8. The Morgan fingerprint density at radius 1 is 1.31 bits per heavy atom. The van der Waals surface area contributed by atoms with Gasteiger partial charge < -0.3 is 0 Å². The van der Waals surface area contributed by atoms with Gasteiger partial charge in [0, 0.05) is 12.2 Å². The molecule has 1 aromatic rings. The largest absolute Gasteiger partial charge is 0.348 e. The van der Waals surface area contributed by atoms with E-state index in [2.05, 4.69) is 41.7 Å². The minimum Gasteiger partial charge on any atom is -0.295 e. The zero-order valence-electron chi connectivity index (χ0n) is 10.6. The van der Waals surface area contributed by atoms with Crippen molar-refractivity contribution in [2.45, 2.75) is 47.6 Å². The molecule has 3 nitrogen and oxygen atoms in total. The molecule has 0 atom stereocenters. The Morgan fingerprint density at radius 3 is 2.38 bits per heavy atom. The third kappa shape index (κ3) is 3.17. The summed E-state index contributed by atoms with van der Waals surface area (Å²) < 4.78 is 2.67. The summed E-state index contributed by atoms with van der Waals surface area (Å²) in [4.78, 5) is 15.8. The minimum absolute atomic E-state index is 0.151. The molecule has 0 radical (unpaired) electrons. The fourth-order valence-electron chi connectivity index (χ4n) is 1.49. The average molecular weight is 287 g/mol. The second-order valence-electron chi connectivity index (χ2n) is 5.34. The molecule has 0 spiro atoms. The van der Waals surface area contributed by atoms with Crippen molar-refractivity contribution in [2.24, 2.45) is 5.41 Å². The lowest BCUT2D eigenvalue weighted by atomic mass is 9.92. The van der Waals surface area contributed by atoms with Gasteiger partial charge in [0.1, 0.15) is 0 Å². The van der Waals surface area contributed by atoms with Gasteiger partial charge in [-0.3, -0.25) is 4.57 Å². The molecule has 90 valence electrons. The molecule has 0 saturated carbocycles. The summed E-state index contributed by atoms with van der Waals surface area (Å²) in [7, 11) is 0. The smallest absolute Gasteiger partial charge is 0.295 e.